The second kappa shape index (κ2) is 9.62. The van der Waals surface area contributed by atoms with E-state index in [1.54, 1.807) is 7.05 Å². The maximum absolute atomic E-state index is 13.8. The zero-order chi connectivity index (χ0) is 25.4. The number of piperidine rings is 1. The van der Waals surface area contributed by atoms with E-state index in [0.29, 0.717) is 35.9 Å². The molecule has 36 heavy (non-hydrogen) atoms. The fourth-order valence-corrected chi connectivity index (χ4v) is 4.75. The van der Waals surface area contributed by atoms with Crippen molar-refractivity contribution in [3.8, 4) is 11.3 Å². The topological polar surface area (TPSA) is 120 Å². The number of nitrogens with zero attached hydrogens (tertiary/aromatic N) is 6. The van der Waals surface area contributed by atoms with Crippen LogP contribution >= 0.6 is 0 Å². The molecule has 1 unspecified atom stereocenters. The number of aryl methyl sites for hydroxylation is 1. The Morgan fingerprint density at radius 1 is 1.19 bits per heavy atom. The summed E-state index contributed by atoms with van der Waals surface area (Å²) < 4.78 is 4.62. The van der Waals surface area contributed by atoms with E-state index < -0.39 is 5.69 Å². The van der Waals surface area contributed by atoms with E-state index in [1.165, 1.54) is 9.13 Å². The van der Waals surface area contributed by atoms with Crippen molar-refractivity contribution in [2.24, 2.45) is 12.8 Å². The van der Waals surface area contributed by atoms with Crippen LogP contribution < -0.4 is 21.9 Å². The monoisotopic (exact) mass is 488 g/mol. The number of fused-ring (bicyclic) bond motifs is 1. The number of allylic oxidation sites excluding steroid dienone is 2. The Bertz CT molecular complexity index is 1540. The van der Waals surface area contributed by atoms with Gasteiger partial charge in [-0.2, -0.15) is 10.1 Å². The molecule has 5 rings (SSSR count). The van der Waals surface area contributed by atoms with E-state index in [2.05, 4.69) is 21.2 Å². The molecule has 1 aliphatic heterocycles. The molecule has 1 fully saturated rings. The highest BCUT2D eigenvalue weighted by Crippen LogP contribution is 2.23. The van der Waals surface area contributed by atoms with Gasteiger partial charge in [0.25, 0.3) is 5.56 Å². The molecule has 1 aliphatic rings. The molecule has 1 saturated heterocycles. The summed E-state index contributed by atoms with van der Waals surface area (Å²) >= 11 is 0. The predicted molar refractivity (Wildman–Crippen MR) is 141 cm³/mol. The quantitative estimate of drug-likeness (QED) is 0.402. The standard InChI is InChI=1S/C26H32N8O2/c1-17(2)11-13-33-22-23(28-25(33)32-12-7-10-19(27)15-32)31(3)26(36)34(24(22)35)16-20-14-21(30-29-20)18-8-5-4-6-9-18/h4-6,8-9,11,14,19H,7,10,12-13,15-16,27H2,1-3H3,(H,29,30). The summed E-state index contributed by atoms with van der Waals surface area (Å²) in [7, 11) is 1.66. The summed E-state index contributed by atoms with van der Waals surface area (Å²) in [5.41, 5.74) is 9.77. The lowest BCUT2D eigenvalue weighted by Crippen LogP contribution is -2.44. The first kappa shape index (κ1) is 23.8. The largest absolute Gasteiger partial charge is 0.341 e. The molecule has 3 aromatic heterocycles. The number of nitrogens with one attached hydrogen (secondary N) is 1. The van der Waals surface area contributed by atoms with Crippen molar-refractivity contribution in [1.29, 1.82) is 0 Å². The van der Waals surface area contributed by atoms with Gasteiger partial charge >= 0.3 is 5.69 Å². The van der Waals surface area contributed by atoms with Gasteiger partial charge in [-0.3, -0.25) is 19.0 Å². The Morgan fingerprint density at radius 3 is 2.69 bits per heavy atom. The van der Waals surface area contributed by atoms with Crippen LogP contribution in [0.25, 0.3) is 22.4 Å². The van der Waals surface area contributed by atoms with E-state index in [1.807, 2.05) is 54.8 Å². The van der Waals surface area contributed by atoms with Crippen LogP contribution in [0.5, 0.6) is 0 Å². The molecular weight excluding hydrogens is 456 g/mol. The lowest BCUT2D eigenvalue weighted by molar-refractivity contribution is 0.495. The molecule has 3 N–H and O–H groups in total. The summed E-state index contributed by atoms with van der Waals surface area (Å²) in [6, 6.07) is 11.7. The third-order valence-corrected chi connectivity index (χ3v) is 6.66. The van der Waals surface area contributed by atoms with Crippen LogP contribution in [0.4, 0.5) is 5.95 Å². The van der Waals surface area contributed by atoms with Crippen molar-refractivity contribution >= 4 is 17.1 Å². The van der Waals surface area contributed by atoms with Gasteiger partial charge in [0.2, 0.25) is 5.95 Å². The molecule has 188 valence electrons. The number of nitrogens with two attached hydrogens (primary N) is 1. The van der Waals surface area contributed by atoms with Gasteiger partial charge in [-0.25, -0.2) is 4.79 Å². The van der Waals surface area contributed by atoms with Gasteiger partial charge in [-0.05, 0) is 32.8 Å². The molecule has 0 amide bonds. The molecule has 0 bridgehead atoms. The Morgan fingerprint density at radius 2 is 1.97 bits per heavy atom. The summed E-state index contributed by atoms with van der Waals surface area (Å²) in [6.07, 6.45) is 3.98. The Labute approximate surface area is 208 Å². The number of hydrogen-bond acceptors (Lipinski definition) is 6. The van der Waals surface area contributed by atoms with Crippen molar-refractivity contribution in [2.75, 3.05) is 18.0 Å². The number of anilines is 1. The Balaban J connectivity index is 1.62. The number of imidazole rings is 1. The minimum Gasteiger partial charge on any atom is -0.341 e. The second-order valence-electron chi connectivity index (χ2n) is 9.70. The van der Waals surface area contributed by atoms with Crippen LogP contribution in [-0.2, 0) is 20.1 Å². The smallest absolute Gasteiger partial charge is 0.332 e. The molecule has 4 aromatic rings. The maximum Gasteiger partial charge on any atom is 0.332 e. The predicted octanol–water partition coefficient (Wildman–Crippen LogP) is 2.23. The first-order valence-electron chi connectivity index (χ1n) is 12.3. The van der Waals surface area contributed by atoms with E-state index in [9.17, 15) is 9.59 Å². The third kappa shape index (κ3) is 4.39. The van der Waals surface area contributed by atoms with Crippen LogP contribution in [0, 0.1) is 0 Å². The van der Waals surface area contributed by atoms with Crippen molar-refractivity contribution in [3.05, 3.63) is 74.6 Å². The number of aromatic amines is 1. The SMILES string of the molecule is CC(C)=CCn1c(N2CCCC(N)C2)nc2c1c(=O)n(Cc1cc(-c3ccccc3)n[nH]1)c(=O)n2C. The van der Waals surface area contributed by atoms with Gasteiger partial charge in [0.15, 0.2) is 11.2 Å². The zero-order valence-electron chi connectivity index (χ0n) is 20.9. The van der Waals surface area contributed by atoms with Gasteiger partial charge < -0.3 is 15.2 Å². The van der Waals surface area contributed by atoms with Gasteiger partial charge in [0, 0.05) is 38.3 Å². The summed E-state index contributed by atoms with van der Waals surface area (Å²) in [6.45, 7) is 6.08. The summed E-state index contributed by atoms with van der Waals surface area (Å²) in [5, 5.41) is 7.35. The van der Waals surface area contributed by atoms with Crippen LogP contribution in [0.1, 0.15) is 32.4 Å². The fourth-order valence-electron chi connectivity index (χ4n) is 4.75. The van der Waals surface area contributed by atoms with Gasteiger partial charge in [0.1, 0.15) is 0 Å². The molecule has 1 atom stereocenters. The zero-order valence-corrected chi connectivity index (χ0v) is 20.9. The summed E-state index contributed by atoms with van der Waals surface area (Å²) in [4.78, 5) is 34.0. The number of H-pyrrole nitrogens is 1. The van der Waals surface area contributed by atoms with Crippen LogP contribution in [-0.4, -0.2) is 48.0 Å². The molecule has 0 saturated carbocycles. The number of benzene rings is 1. The second-order valence-corrected chi connectivity index (χ2v) is 9.70. The molecule has 10 heteroatoms. The molecule has 4 heterocycles. The minimum absolute atomic E-state index is 0.0510. The molecule has 0 radical (unpaired) electrons. The van der Waals surface area contributed by atoms with E-state index >= 15 is 0 Å². The number of rotatable bonds is 6. The lowest BCUT2D eigenvalue weighted by atomic mass is 10.1. The van der Waals surface area contributed by atoms with Crippen molar-refractivity contribution < 1.29 is 0 Å². The van der Waals surface area contributed by atoms with Crippen LogP contribution in [0.3, 0.4) is 0 Å². The van der Waals surface area contributed by atoms with Crippen molar-refractivity contribution in [1.82, 2.24) is 28.9 Å². The highest BCUT2D eigenvalue weighted by atomic mass is 16.2. The molecule has 1 aromatic carbocycles. The van der Waals surface area contributed by atoms with Gasteiger partial charge in [-0.1, -0.05) is 42.0 Å². The first-order valence-corrected chi connectivity index (χ1v) is 12.3. The van der Waals surface area contributed by atoms with Crippen LogP contribution in [0.15, 0.2) is 57.6 Å². The highest BCUT2D eigenvalue weighted by molar-refractivity contribution is 5.75. The average molecular weight is 489 g/mol. The third-order valence-electron chi connectivity index (χ3n) is 6.66. The average Bonchev–Trinajstić information content (AvgIpc) is 3.50. The van der Waals surface area contributed by atoms with E-state index in [-0.39, 0.29) is 18.1 Å². The van der Waals surface area contributed by atoms with Crippen molar-refractivity contribution in [2.45, 2.75) is 45.8 Å². The maximum atomic E-state index is 13.8. The molecular formula is C26H32N8O2. The lowest BCUT2D eigenvalue weighted by Gasteiger charge is -2.31. The number of hydrogen-bond donors (Lipinski definition) is 2. The number of aromatic nitrogens is 6. The summed E-state index contributed by atoms with van der Waals surface area (Å²) in [5.74, 6) is 0.676. The van der Waals surface area contributed by atoms with E-state index in [0.717, 1.165) is 36.2 Å². The molecule has 0 aliphatic carbocycles. The Hall–Kier alpha value is -3.92. The molecule has 10 nitrogen and oxygen atoms in total. The minimum atomic E-state index is -0.419. The van der Waals surface area contributed by atoms with Crippen LogP contribution in [0.2, 0.25) is 0 Å². The van der Waals surface area contributed by atoms with Gasteiger partial charge in [0.05, 0.1) is 17.9 Å². The fraction of sp³-hybridized carbons (Fsp3) is 0.385. The van der Waals surface area contributed by atoms with Crippen molar-refractivity contribution in [3.63, 3.8) is 0 Å². The molecule has 0 spiro atoms. The van der Waals surface area contributed by atoms with E-state index in [4.69, 9.17) is 10.7 Å². The first-order chi connectivity index (χ1) is 17.3. The normalized spacial score (nSPS) is 16.0. The Kier molecular flexibility index (Phi) is 6.36. The highest BCUT2D eigenvalue weighted by Gasteiger charge is 2.26. The van der Waals surface area contributed by atoms with Gasteiger partial charge in [-0.15, -0.1) is 0 Å².